The Morgan fingerprint density at radius 2 is 1.95 bits per heavy atom. The lowest BCUT2D eigenvalue weighted by Crippen LogP contribution is -2.47. The van der Waals surface area contributed by atoms with Crippen molar-refractivity contribution in [1.29, 1.82) is 0 Å². The van der Waals surface area contributed by atoms with Crippen LogP contribution in [0.15, 0.2) is 11.6 Å². The molecule has 0 aromatic rings. The summed E-state index contributed by atoms with van der Waals surface area (Å²) >= 11 is 0. The number of hydrogen-bond donors (Lipinski definition) is 2. The van der Waals surface area contributed by atoms with E-state index in [4.69, 9.17) is 4.74 Å². The van der Waals surface area contributed by atoms with Crippen LogP contribution >= 0.6 is 0 Å². The van der Waals surface area contributed by atoms with Crippen LogP contribution in [0.5, 0.6) is 0 Å². The summed E-state index contributed by atoms with van der Waals surface area (Å²) in [6, 6.07) is 0. The van der Waals surface area contributed by atoms with Crippen LogP contribution in [0.2, 0.25) is 0 Å². The molecule has 1 aliphatic carbocycles. The second-order valence-electron chi connectivity index (χ2n) is 7.12. The molecule has 2 N–H and O–H groups in total. The molecule has 0 aromatic carbocycles. The first-order valence-corrected chi connectivity index (χ1v) is 7.49. The van der Waals surface area contributed by atoms with E-state index in [2.05, 4.69) is 39.1 Å². The van der Waals surface area contributed by atoms with Crippen molar-refractivity contribution < 1.29 is 14.6 Å². The molecule has 4 nitrogen and oxygen atoms in total. The number of hydrogen-bond acceptors (Lipinski definition) is 3. The number of nitrogens with one attached hydrogen (secondary N) is 1. The van der Waals surface area contributed by atoms with Crippen LogP contribution in [0, 0.1) is 17.3 Å². The molecule has 2 fully saturated rings. The number of allylic oxidation sites excluding steroid dienone is 2. The minimum atomic E-state index is -0.793. The second kappa shape index (κ2) is 5.49. The summed E-state index contributed by atoms with van der Waals surface area (Å²) in [4.78, 5) is 12.3. The fraction of sp³-hybridized carbons (Fsp3) is 0.812. The van der Waals surface area contributed by atoms with Gasteiger partial charge in [0.05, 0.1) is 11.5 Å². The van der Waals surface area contributed by atoms with Crippen molar-refractivity contribution in [2.24, 2.45) is 17.3 Å². The summed E-state index contributed by atoms with van der Waals surface area (Å²) in [7, 11) is 0. The first kappa shape index (κ1) is 15.5. The molecule has 0 radical (unpaired) electrons. The van der Waals surface area contributed by atoms with Crippen molar-refractivity contribution >= 4 is 5.91 Å². The molecule has 4 heteroatoms. The van der Waals surface area contributed by atoms with Gasteiger partial charge >= 0.3 is 0 Å². The molecule has 2 rings (SSSR count). The highest BCUT2D eigenvalue weighted by atomic mass is 16.5. The van der Waals surface area contributed by atoms with Crippen molar-refractivity contribution in [1.82, 2.24) is 5.32 Å². The molecule has 0 aromatic heterocycles. The highest BCUT2D eigenvalue weighted by molar-refractivity contribution is 5.83. The lowest BCUT2D eigenvalue weighted by molar-refractivity contribution is -0.125. The Kier molecular flexibility index (Phi) is 4.26. The number of aliphatic hydroxyl groups is 1. The fourth-order valence-corrected chi connectivity index (χ4v) is 3.14. The van der Waals surface area contributed by atoms with Gasteiger partial charge < -0.3 is 15.2 Å². The number of ether oxygens (including phenoxy) is 1. The zero-order valence-corrected chi connectivity index (χ0v) is 13.0. The summed E-state index contributed by atoms with van der Waals surface area (Å²) in [5.74, 6) is 0.412. The van der Waals surface area contributed by atoms with E-state index in [0.717, 1.165) is 0 Å². The zero-order valence-electron chi connectivity index (χ0n) is 13.0. The molecule has 0 bridgehead atoms. The van der Waals surface area contributed by atoms with Crippen LogP contribution in [0.25, 0.3) is 0 Å². The van der Waals surface area contributed by atoms with Gasteiger partial charge in [0.2, 0.25) is 5.91 Å². The molecule has 1 saturated carbocycles. The van der Waals surface area contributed by atoms with Crippen molar-refractivity contribution in [3.05, 3.63) is 11.6 Å². The average Bonchev–Trinajstić information content (AvgIpc) is 2.88. The zero-order chi connectivity index (χ0) is 15.0. The van der Waals surface area contributed by atoms with Crippen LogP contribution in [0.1, 0.15) is 40.5 Å². The summed E-state index contributed by atoms with van der Waals surface area (Å²) in [5.41, 5.74) is 0.486. The minimum Gasteiger partial charge on any atom is -0.388 e. The van der Waals surface area contributed by atoms with E-state index in [1.807, 2.05) is 0 Å². The highest BCUT2D eigenvalue weighted by Crippen LogP contribution is 2.59. The number of amides is 1. The van der Waals surface area contributed by atoms with E-state index in [0.29, 0.717) is 38.5 Å². The molecular weight excluding hydrogens is 254 g/mol. The van der Waals surface area contributed by atoms with Crippen molar-refractivity contribution in [3.8, 4) is 0 Å². The van der Waals surface area contributed by atoms with E-state index in [-0.39, 0.29) is 17.2 Å². The third kappa shape index (κ3) is 3.23. The highest BCUT2D eigenvalue weighted by Gasteiger charge is 2.60. The number of carbonyl (C=O) groups is 1. The van der Waals surface area contributed by atoms with E-state index in [1.165, 1.54) is 5.57 Å². The Hall–Kier alpha value is -0.870. The normalized spacial score (nSPS) is 30.4. The molecule has 2 aliphatic rings. The minimum absolute atomic E-state index is 0.0274. The third-order valence-electron chi connectivity index (χ3n) is 4.72. The maximum absolute atomic E-state index is 12.3. The molecule has 0 spiro atoms. The Balaban J connectivity index is 1.88. The van der Waals surface area contributed by atoms with Gasteiger partial charge in [-0.3, -0.25) is 4.79 Å². The van der Waals surface area contributed by atoms with E-state index >= 15 is 0 Å². The first-order chi connectivity index (χ1) is 9.26. The quantitative estimate of drug-likeness (QED) is 0.774. The van der Waals surface area contributed by atoms with Gasteiger partial charge in [0, 0.05) is 32.6 Å². The molecule has 1 heterocycles. The Morgan fingerprint density at radius 3 is 2.50 bits per heavy atom. The topological polar surface area (TPSA) is 58.6 Å². The summed E-state index contributed by atoms with van der Waals surface area (Å²) in [6.07, 6.45) is 3.38. The molecule has 1 aliphatic heterocycles. The van der Waals surface area contributed by atoms with Gasteiger partial charge in [0.1, 0.15) is 0 Å². The predicted molar refractivity (Wildman–Crippen MR) is 78.2 cm³/mol. The third-order valence-corrected chi connectivity index (χ3v) is 4.72. The maximum Gasteiger partial charge on any atom is 0.224 e. The molecule has 1 saturated heterocycles. The van der Waals surface area contributed by atoms with Crippen LogP contribution in [-0.4, -0.2) is 36.4 Å². The molecule has 1 amide bonds. The molecule has 114 valence electrons. The maximum atomic E-state index is 12.3. The first-order valence-electron chi connectivity index (χ1n) is 7.49. The Morgan fingerprint density at radius 1 is 1.35 bits per heavy atom. The summed E-state index contributed by atoms with van der Waals surface area (Å²) in [5, 5.41) is 13.3. The Labute approximate surface area is 121 Å². The molecule has 0 unspecified atom stereocenters. The van der Waals surface area contributed by atoms with E-state index in [9.17, 15) is 9.90 Å². The lowest BCUT2D eigenvalue weighted by atomic mass is 9.94. The molecule has 2 atom stereocenters. The van der Waals surface area contributed by atoms with Gasteiger partial charge in [0.25, 0.3) is 0 Å². The number of carbonyl (C=O) groups excluding carboxylic acids is 1. The smallest absolute Gasteiger partial charge is 0.224 e. The van der Waals surface area contributed by atoms with Crippen molar-refractivity contribution in [2.75, 3.05) is 19.8 Å². The SMILES string of the molecule is CC(C)=C[C@@H]1[C@@H](C(=O)NCC2(O)CCOCC2)C1(C)C. The van der Waals surface area contributed by atoms with Crippen LogP contribution in [-0.2, 0) is 9.53 Å². The average molecular weight is 281 g/mol. The molecule has 20 heavy (non-hydrogen) atoms. The monoisotopic (exact) mass is 281 g/mol. The van der Waals surface area contributed by atoms with Gasteiger partial charge in [-0.05, 0) is 25.2 Å². The van der Waals surface area contributed by atoms with Crippen LogP contribution in [0.3, 0.4) is 0 Å². The van der Waals surface area contributed by atoms with E-state index < -0.39 is 5.60 Å². The van der Waals surface area contributed by atoms with Crippen LogP contribution in [0.4, 0.5) is 0 Å². The lowest BCUT2D eigenvalue weighted by Gasteiger charge is -2.32. The van der Waals surface area contributed by atoms with Crippen molar-refractivity contribution in [3.63, 3.8) is 0 Å². The van der Waals surface area contributed by atoms with Crippen molar-refractivity contribution in [2.45, 2.75) is 46.1 Å². The summed E-state index contributed by atoms with van der Waals surface area (Å²) in [6.45, 7) is 9.87. The van der Waals surface area contributed by atoms with E-state index in [1.54, 1.807) is 0 Å². The predicted octanol–water partition coefficient (Wildman–Crippen LogP) is 1.88. The van der Waals surface area contributed by atoms with Gasteiger partial charge in [-0.25, -0.2) is 0 Å². The number of rotatable bonds is 4. The second-order valence-corrected chi connectivity index (χ2v) is 7.12. The van der Waals surface area contributed by atoms with Crippen LogP contribution < -0.4 is 5.32 Å². The Bertz CT molecular complexity index is 404. The van der Waals surface area contributed by atoms with Gasteiger partial charge in [-0.1, -0.05) is 25.5 Å². The molecular formula is C16H27NO3. The van der Waals surface area contributed by atoms with Gasteiger partial charge in [-0.2, -0.15) is 0 Å². The largest absolute Gasteiger partial charge is 0.388 e. The fourth-order valence-electron chi connectivity index (χ4n) is 3.14. The summed E-state index contributed by atoms with van der Waals surface area (Å²) < 4.78 is 5.24. The van der Waals surface area contributed by atoms with Gasteiger partial charge in [-0.15, -0.1) is 0 Å². The standard InChI is InChI=1S/C16H27NO3/c1-11(2)9-12-13(15(12,3)4)14(18)17-10-16(19)5-7-20-8-6-16/h9,12-13,19H,5-8,10H2,1-4H3,(H,17,18)/t12-,13+/m1/s1. The van der Waals surface area contributed by atoms with Gasteiger partial charge in [0.15, 0.2) is 0 Å².